The summed E-state index contributed by atoms with van der Waals surface area (Å²) in [4.78, 5) is 12.7. The van der Waals surface area contributed by atoms with Crippen molar-refractivity contribution >= 4 is 22.5 Å². The van der Waals surface area contributed by atoms with Gasteiger partial charge in [0, 0.05) is 34.2 Å². The summed E-state index contributed by atoms with van der Waals surface area (Å²) < 4.78 is 11.3. The van der Waals surface area contributed by atoms with Gasteiger partial charge < -0.3 is 15.7 Å². The number of benzene rings is 1. The van der Waals surface area contributed by atoms with E-state index in [1.54, 1.807) is 37.4 Å². The summed E-state index contributed by atoms with van der Waals surface area (Å²) in [5.74, 6) is 0.246. The Bertz CT molecular complexity index is 551. The Balaban J connectivity index is 1.83. The normalized spacial score (nSPS) is 19.6. The first-order chi connectivity index (χ1) is 10.9. The molecule has 2 amide bonds. The van der Waals surface area contributed by atoms with Crippen LogP contribution < -0.4 is 10.6 Å². The average molecular weight is 338 g/mol. The van der Waals surface area contributed by atoms with Crippen LogP contribution >= 0.6 is 0 Å². The van der Waals surface area contributed by atoms with Crippen molar-refractivity contribution in [2.75, 3.05) is 18.1 Å². The largest absolute Gasteiger partial charge is 0.388 e. The van der Waals surface area contributed by atoms with Crippen molar-refractivity contribution in [2.45, 2.75) is 49.5 Å². The lowest BCUT2D eigenvalue weighted by molar-refractivity contribution is -0.0127. The van der Waals surface area contributed by atoms with Crippen LogP contribution in [0.1, 0.15) is 39.0 Å². The Morgan fingerprint density at radius 1 is 1.26 bits per heavy atom. The van der Waals surface area contributed by atoms with Gasteiger partial charge in [0.1, 0.15) is 0 Å². The van der Waals surface area contributed by atoms with Crippen molar-refractivity contribution < 1.29 is 14.1 Å². The van der Waals surface area contributed by atoms with Crippen LogP contribution in [0.5, 0.6) is 0 Å². The molecule has 0 spiro atoms. The maximum Gasteiger partial charge on any atom is 0.319 e. The Hall–Kier alpha value is -1.40. The molecule has 0 bridgehead atoms. The fraction of sp³-hybridized carbons (Fsp3) is 0.588. The monoisotopic (exact) mass is 338 g/mol. The predicted octanol–water partition coefficient (Wildman–Crippen LogP) is 2.88. The minimum absolute atomic E-state index is 0.237. The maximum atomic E-state index is 12.0. The van der Waals surface area contributed by atoms with E-state index in [0.29, 0.717) is 5.69 Å². The van der Waals surface area contributed by atoms with Gasteiger partial charge in [-0.2, -0.15) is 0 Å². The molecule has 2 rings (SSSR count). The number of rotatable bonds is 5. The van der Waals surface area contributed by atoms with Gasteiger partial charge in [-0.05, 0) is 49.9 Å². The summed E-state index contributed by atoms with van der Waals surface area (Å²) in [5, 5.41) is 16.0. The van der Waals surface area contributed by atoms with Gasteiger partial charge in [0.05, 0.1) is 5.60 Å². The highest BCUT2D eigenvalue weighted by Crippen LogP contribution is 2.32. The number of hydrogen-bond donors (Lipinski definition) is 3. The molecule has 2 atom stereocenters. The highest BCUT2D eigenvalue weighted by atomic mass is 32.2. The smallest absolute Gasteiger partial charge is 0.319 e. The van der Waals surface area contributed by atoms with E-state index in [2.05, 4.69) is 10.6 Å². The second kappa shape index (κ2) is 7.93. The van der Waals surface area contributed by atoms with Gasteiger partial charge in [-0.15, -0.1) is 0 Å². The molecule has 1 saturated carbocycles. The standard InChI is InChI=1S/C17H26N2O3S/c1-17(21,13-6-4-3-5-7-13)12-18-16(20)19-14-8-10-15(11-9-14)23(2)22/h8-11,13,21H,3-7,12H2,1-2H3,(H2,18,19,20)/t17-,23-/m0/s1. The van der Waals surface area contributed by atoms with Crippen LogP contribution in [-0.4, -0.2) is 33.7 Å². The molecule has 23 heavy (non-hydrogen) atoms. The first-order valence-corrected chi connectivity index (χ1v) is 9.65. The van der Waals surface area contributed by atoms with E-state index in [-0.39, 0.29) is 18.5 Å². The molecule has 0 heterocycles. The number of aliphatic hydroxyl groups is 1. The maximum absolute atomic E-state index is 12.0. The lowest BCUT2D eigenvalue weighted by Gasteiger charge is -2.35. The van der Waals surface area contributed by atoms with E-state index >= 15 is 0 Å². The van der Waals surface area contributed by atoms with E-state index in [4.69, 9.17) is 0 Å². The fourth-order valence-corrected chi connectivity index (χ4v) is 3.55. The third-order valence-corrected chi connectivity index (χ3v) is 5.47. The quantitative estimate of drug-likeness (QED) is 0.772. The number of hydrogen-bond acceptors (Lipinski definition) is 3. The average Bonchev–Trinajstić information content (AvgIpc) is 2.54. The van der Waals surface area contributed by atoms with Crippen molar-refractivity contribution in [1.82, 2.24) is 5.32 Å². The zero-order valence-corrected chi connectivity index (χ0v) is 14.6. The van der Waals surface area contributed by atoms with Crippen LogP contribution in [0.3, 0.4) is 0 Å². The van der Waals surface area contributed by atoms with Crippen molar-refractivity contribution in [1.29, 1.82) is 0 Å². The predicted molar refractivity (Wildman–Crippen MR) is 93.0 cm³/mol. The van der Waals surface area contributed by atoms with Crippen LogP contribution in [0, 0.1) is 5.92 Å². The molecular formula is C17H26N2O3S. The molecule has 1 aliphatic rings. The van der Waals surface area contributed by atoms with Crippen molar-refractivity contribution in [3.63, 3.8) is 0 Å². The Kier molecular flexibility index (Phi) is 6.18. The molecule has 0 aliphatic heterocycles. The lowest BCUT2D eigenvalue weighted by atomic mass is 9.78. The molecule has 3 N–H and O–H groups in total. The van der Waals surface area contributed by atoms with Crippen molar-refractivity contribution in [3.8, 4) is 0 Å². The summed E-state index contributed by atoms with van der Waals surface area (Å²) in [7, 11) is -1.03. The summed E-state index contributed by atoms with van der Waals surface area (Å²) >= 11 is 0. The van der Waals surface area contributed by atoms with Gasteiger partial charge in [-0.1, -0.05) is 19.3 Å². The van der Waals surface area contributed by atoms with Crippen LogP contribution in [0.15, 0.2) is 29.2 Å². The highest BCUT2D eigenvalue weighted by Gasteiger charge is 2.32. The molecule has 5 nitrogen and oxygen atoms in total. The molecule has 1 aliphatic carbocycles. The SMILES string of the molecule is C[S@](=O)c1ccc(NC(=O)NC[C@](C)(O)C2CCCCC2)cc1. The molecule has 1 fully saturated rings. The minimum atomic E-state index is -1.03. The van der Waals surface area contributed by atoms with Gasteiger partial charge in [0.2, 0.25) is 0 Å². The van der Waals surface area contributed by atoms with E-state index in [1.807, 2.05) is 0 Å². The topological polar surface area (TPSA) is 78.4 Å². The summed E-state index contributed by atoms with van der Waals surface area (Å²) in [5.41, 5.74) is -0.241. The van der Waals surface area contributed by atoms with E-state index in [0.717, 1.165) is 30.6 Å². The number of carbonyl (C=O) groups is 1. The molecule has 1 aromatic rings. The van der Waals surface area contributed by atoms with Crippen LogP contribution in [0.4, 0.5) is 10.5 Å². The molecule has 0 saturated heterocycles. The molecule has 0 radical (unpaired) electrons. The zero-order chi connectivity index (χ0) is 16.9. The number of amides is 2. The minimum Gasteiger partial charge on any atom is -0.388 e. The van der Waals surface area contributed by atoms with Crippen LogP contribution in [0.2, 0.25) is 0 Å². The molecule has 128 valence electrons. The second-order valence-electron chi connectivity index (χ2n) is 6.48. The number of nitrogens with one attached hydrogen (secondary N) is 2. The number of urea groups is 1. The Morgan fingerprint density at radius 2 is 1.87 bits per heavy atom. The van der Waals surface area contributed by atoms with Crippen LogP contribution in [0.25, 0.3) is 0 Å². The highest BCUT2D eigenvalue weighted by molar-refractivity contribution is 7.84. The van der Waals surface area contributed by atoms with Gasteiger partial charge in [-0.3, -0.25) is 4.21 Å². The first kappa shape index (κ1) is 17.9. The van der Waals surface area contributed by atoms with Gasteiger partial charge in [-0.25, -0.2) is 4.79 Å². The van der Waals surface area contributed by atoms with Gasteiger partial charge >= 0.3 is 6.03 Å². The van der Waals surface area contributed by atoms with E-state index in [9.17, 15) is 14.1 Å². The fourth-order valence-electron chi connectivity index (χ4n) is 3.03. The summed E-state index contributed by atoms with van der Waals surface area (Å²) in [6.07, 6.45) is 7.19. The molecule has 1 aromatic carbocycles. The van der Waals surface area contributed by atoms with E-state index < -0.39 is 16.4 Å². The molecule has 0 unspecified atom stereocenters. The van der Waals surface area contributed by atoms with Crippen molar-refractivity contribution in [3.05, 3.63) is 24.3 Å². The zero-order valence-electron chi connectivity index (χ0n) is 13.8. The van der Waals surface area contributed by atoms with Crippen LogP contribution in [-0.2, 0) is 10.8 Å². The first-order valence-electron chi connectivity index (χ1n) is 8.09. The molecule has 0 aromatic heterocycles. The third-order valence-electron chi connectivity index (χ3n) is 4.54. The second-order valence-corrected chi connectivity index (χ2v) is 7.86. The van der Waals surface area contributed by atoms with Crippen molar-refractivity contribution in [2.24, 2.45) is 5.92 Å². The molecular weight excluding hydrogens is 312 g/mol. The number of carbonyl (C=O) groups excluding carboxylic acids is 1. The third kappa shape index (κ3) is 5.32. The summed E-state index contributed by atoms with van der Waals surface area (Å²) in [6.45, 7) is 2.04. The number of anilines is 1. The molecule has 6 heteroatoms. The van der Waals surface area contributed by atoms with E-state index in [1.165, 1.54) is 6.42 Å². The summed E-state index contributed by atoms with van der Waals surface area (Å²) in [6, 6.07) is 6.55. The Morgan fingerprint density at radius 3 is 2.43 bits per heavy atom. The Labute approximate surface area is 140 Å². The lowest BCUT2D eigenvalue weighted by Crippen LogP contribution is -2.47. The van der Waals surface area contributed by atoms with Gasteiger partial charge in [0.25, 0.3) is 0 Å². The van der Waals surface area contributed by atoms with Gasteiger partial charge in [0.15, 0.2) is 0 Å².